The number of aromatic amines is 1. The number of H-pyrrole nitrogens is 1. The number of likely N-dealkylation sites (tertiary alicyclic amines) is 1. The van der Waals surface area contributed by atoms with E-state index < -0.39 is 17.6 Å². The normalized spacial score (nSPS) is 20.8. The number of carbonyl (C=O) groups is 1. The molecule has 3 heterocycles. The maximum atomic E-state index is 14.4. The molecule has 1 aliphatic rings. The fourth-order valence-electron chi connectivity index (χ4n) is 3.92. The van der Waals surface area contributed by atoms with Crippen molar-refractivity contribution in [3.63, 3.8) is 0 Å². The largest absolute Gasteiger partial charge is 0.416 e. The monoisotopic (exact) mass is 362 g/mol. The number of alkyl halides is 3. The van der Waals surface area contributed by atoms with Gasteiger partial charge in [0.25, 0.3) is 0 Å². The molecule has 0 bridgehead atoms. The van der Waals surface area contributed by atoms with Gasteiger partial charge in [0.2, 0.25) is 5.91 Å². The van der Waals surface area contributed by atoms with Crippen LogP contribution >= 0.6 is 0 Å². The van der Waals surface area contributed by atoms with Crippen LogP contribution in [0.1, 0.15) is 18.4 Å². The molecule has 26 heavy (non-hydrogen) atoms. The van der Waals surface area contributed by atoms with Crippen molar-refractivity contribution < 1.29 is 18.0 Å². The van der Waals surface area contributed by atoms with Gasteiger partial charge >= 0.3 is 6.18 Å². The van der Waals surface area contributed by atoms with Gasteiger partial charge in [-0.2, -0.15) is 18.3 Å². The molecule has 3 aromatic rings. The van der Waals surface area contributed by atoms with E-state index >= 15 is 0 Å². The van der Waals surface area contributed by atoms with E-state index in [1.54, 1.807) is 36.5 Å². The first-order valence-electron chi connectivity index (χ1n) is 8.35. The highest BCUT2D eigenvalue weighted by Crippen LogP contribution is 2.52. The van der Waals surface area contributed by atoms with E-state index in [9.17, 15) is 18.0 Å². The average Bonchev–Trinajstić information content (AvgIpc) is 3.32. The summed E-state index contributed by atoms with van der Waals surface area (Å²) in [5.74, 6) is -0.589. The molecule has 1 N–H and O–H groups in total. The molecule has 5 nitrogen and oxygen atoms in total. The Morgan fingerprint density at radius 2 is 2.08 bits per heavy atom. The van der Waals surface area contributed by atoms with E-state index in [4.69, 9.17) is 0 Å². The number of halogens is 3. The number of nitrogens with zero attached hydrogens (tertiary/aromatic N) is 3. The summed E-state index contributed by atoms with van der Waals surface area (Å²) in [4.78, 5) is 16.6. The molecule has 0 saturated carbocycles. The second-order valence-electron chi connectivity index (χ2n) is 6.46. The molecular formula is C18H17F3N4O. The number of hydrogen-bond donors (Lipinski definition) is 1. The molecule has 1 aromatic carbocycles. The number of aromatic nitrogens is 3. The quantitative estimate of drug-likeness (QED) is 0.776. The summed E-state index contributed by atoms with van der Waals surface area (Å²) in [5.41, 5.74) is -1.60. The number of fused-ring (bicyclic) bond motifs is 1. The van der Waals surface area contributed by atoms with Gasteiger partial charge in [0, 0.05) is 41.6 Å². The number of hydrogen-bond acceptors (Lipinski definition) is 2. The molecule has 2 aromatic heterocycles. The van der Waals surface area contributed by atoms with E-state index in [-0.39, 0.29) is 25.1 Å². The fraction of sp³-hybridized carbons (Fsp3) is 0.333. The van der Waals surface area contributed by atoms with Gasteiger partial charge < -0.3 is 9.88 Å². The number of rotatable bonds is 3. The first-order valence-corrected chi connectivity index (χ1v) is 8.35. The maximum absolute atomic E-state index is 14.4. The SMILES string of the molecule is O=C(Cn1cccn1)N1CCCC1(c1c[nH]c2ccccc12)C(F)(F)F. The molecule has 1 atom stereocenters. The zero-order valence-electron chi connectivity index (χ0n) is 13.8. The third kappa shape index (κ3) is 2.40. The number of amides is 1. The molecule has 1 aliphatic heterocycles. The smallest absolute Gasteiger partial charge is 0.361 e. The van der Waals surface area contributed by atoms with E-state index in [1.807, 2.05) is 0 Å². The molecule has 8 heteroatoms. The molecule has 4 rings (SSSR count). The van der Waals surface area contributed by atoms with Crippen LogP contribution in [0.2, 0.25) is 0 Å². The Morgan fingerprint density at radius 3 is 2.81 bits per heavy atom. The van der Waals surface area contributed by atoms with Crippen LogP contribution in [0.3, 0.4) is 0 Å². The molecule has 0 aliphatic carbocycles. The fourth-order valence-corrected chi connectivity index (χ4v) is 3.92. The van der Waals surface area contributed by atoms with E-state index in [0.717, 1.165) is 4.90 Å². The molecule has 1 amide bonds. The topological polar surface area (TPSA) is 53.9 Å². The standard InChI is InChI=1S/C18H17F3N4O/c19-18(20,21)17(14-11-22-15-6-2-1-5-13(14)15)7-3-10-25(17)16(26)12-24-9-4-8-23-24/h1-2,4-6,8-9,11,22H,3,7,10,12H2. The highest BCUT2D eigenvalue weighted by molar-refractivity contribution is 5.86. The molecule has 0 spiro atoms. The number of benzene rings is 1. The molecule has 1 unspecified atom stereocenters. The van der Waals surface area contributed by atoms with Gasteiger partial charge in [-0.15, -0.1) is 0 Å². The van der Waals surface area contributed by atoms with Crippen molar-refractivity contribution in [1.29, 1.82) is 0 Å². The average molecular weight is 362 g/mol. The lowest BCUT2D eigenvalue weighted by molar-refractivity contribution is -0.228. The lowest BCUT2D eigenvalue weighted by atomic mass is 9.86. The van der Waals surface area contributed by atoms with Gasteiger partial charge in [-0.3, -0.25) is 9.48 Å². The minimum absolute atomic E-state index is 0.0686. The Bertz CT molecular complexity index is 931. The van der Waals surface area contributed by atoms with Crippen molar-refractivity contribution in [2.45, 2.75) is 31.1 Å². The number of nitrogens with one attached hydrogen (secondary N) is 1. The van der Waals surface area contributed by atoms with Crippen molar-refractivity contribution in [2.24, 2.45) is 0 Å². The highest BCUT2D eigenvalue weighted by atomic mass is 19.4. The van der Waals surface area contributed by atoms with Crippen LogP contribution in [0.25, 0.3) is 10.9 Å². The van der Waals surface area contributed by atoms with Crippen molar-refractivity contribution in [3.05, 3.63) is 54.5 Å². The first-order chi connectivity index (χ1) is 12.4. The molecule has 1 saturated heterocycles. The van der Waals surface area contributed by atoms with Crippen LogP contribution in [0.4, 0.5) is 13.2 Å². The number of para-hydroxylation sites is 1. The van der Waals surface area contributed by atoms with Crippen molar-refractivity contribution >= 4 is 16.8 Å². The Hall–Kier alpha value is -2.77. The van der Waals surface area contributed by atoms with Gasteiger partial charge in [0.15, 0.2) is 5.54 Å². The maximum Gasteiger partial charge on any atom is 0.416 e. The lowest BCUT2D eigenvalue weighted by Crippen LogP contribution is -2.55. The van der Waals surface area contributed by atoms with Crippen LogP contribution in [0.15, 0.2) is 48.9 Å². The summed E-state index contributed by atoms with van der Waals surface area (Å²) in [7, 11) is 0. The highest BCUT2D eigenvalue weighted by Gasteiger charge is 2.63. The van der Waals surface area contributed by atoms with Gasteiger partial charge in [-0.25, -0.2) is 0 Å². The van der Waals surface area contributed by atoms with Crippen LogP contribution in [-0.4, -0.2) is 38.3 Å². The predicted molar refractivity (Wildman–Crippen MR) is 89.2 cm³/mol. The second kappa shape index (κ2) is 5.89. The minimum atomic E-state index is -4.59. The van der Waals surface area contributed by atoms with Gasteiger partial charge in [-0.1, -0.05) is 18.2 Å². The summed E-state index contributed by atoms with van der Waals surface area (Å²) in [6.07, 6.45) is 0.00182. The Balaban J connectivity index is 1.82. The van der Waals surface area contributed by atoms with E-state index in [1.165, 1.54) is 17.1 Å². The van der Waals surface area contributed by atoms with Crippen LogP contribution in [0.5, 0.6) is 0 Å². The zero-order chi connectivity index (χ0) is 18.4. The summed E-state index contributed by atoms with van der Waals surface area (Å²) in [6, 6.07) is 8.48. The van der Waals surface area contributed by atoms with Crippen LogP contribution in [0, 0.1) is 0 Å². The molecule has 136 valence electrons. The third-order valence-electron chi connectivity index (χ3n) is 5.04. The van der Waals surface area contributed by atoms with Crippen molar-refractivity contribution in [2.75, 3.05) is 6.54 Å². The summed E-state index contributed by atoms with van der Waals surface area (Å²) >= 11 is 0. The second-order valence-corrected chi connectivity index (χ2v) is 6.46. The number of carbonyl (C=O) groups excluding carboxylic acids is 1. The van der Waals surface area contributed by atoms with E-state index in [0.29, 0.717) is 17.3 Å². The van der Waals surface area contributed by atoms with Gasteiger partial charge in [-0.05, 0) is 25.0 Å². The van der Waals surface area contributed by atoms with Crippen molar-refractivity contribution in [1.82, 2.24) is 19.7 Å². The van der Waals surface area contributed by atoms with Gasteiger partial charge in [0.05, 0.1) is 0 Å². The zero-order valence-corrected chi connectivity index (χ0v) is 13.8. The minimum Gasteiger partial charge on any atom is -0.361 e. The summed E-state index contributed by atoms with van der Waals surface area (Å²) < 4.78 is 44.4. The van der Waals surface area contributed by atoms with Crippen molar-refractivity contribution in [3.8, 4) is 0 Å². The predicted octanol–water partition coefficient (Wildman–Crippen LogP) is 3.44. The molecular weight excluding hydrogens is 345 g/mol. The molecule has 0 radical (unpaired) electrons. The Morgan fingerprint density at radius 1 is 1.27 bits per heavy atom. The molecule has 1 fully saturated rings. The Kier molecular flexibility index (Phi) is 3.78. The van der Waals surface area contributed by atoms with Crippen LogP contribution < -0.4 is 0 Å². The lowest BCUT2D eigenvalue weighted by Gasteiger charge is -2.40. The summed E-state index contributed by atoms with van der Waals surface area (Å²) in [6.45, 7) is -0.147. The van der Waals surface area contributed by atoms with Crippen LogP contribution in [-0.2, 0) is 16.9 Å². The summed E-state index contributed by atoms with van der Waals surface area (Å²) in [5, 5.41) is 4.42. The van der Waals surface area contributed by atoms with E-state index in [2.05, 4.69) is 10.1 Å². The first kappa shape index (κ1) is 16.7. The van der Waals surface area contributed by atoms with Gasteiger partial charge in [0.1, 0.15) is 6.54 Å². The Labute approximate surface area is 147 Å². The third-order valence-corrected chi connectivity index (χ3v) is 5.04.